The van der Waals surface area contributed by atoms with Crippen LogP contribution in [0.15, 0.2) is 68.8 Å². The van der Waals surface area contributed by atoms with Gasteiger partial charge in [0.05, 0.1) is 9.79 Å². The third-order valence-corrected chi connectivity index (χ3v) is 4.73. The highest BCUT2D eigenvalue weighted by Gasteiger charge is 2.15. The van der Waals surface area contributed by atoms with E-state index in [9.17, 15) is 4.21 Å². The van der Waals surface area contributed by atoms with Crippen LogP contribution in [0.5, 0.6) is 0 Å². The predicted octanol–water partition coefficient (Wildman–Crippen LogP) is 3.36. The molecule has 1 unspecified atom stereocenters. The van der Waals surface area contributed by atoms with E-state index < -0.39 is 9.73 Å². The van der Waals surface area contributed by atoms with Gasteiger partial charge in [-0.15, -0.1) is 4.36 Å². The van der Waals surface area contributed by atoms with Gasteiger partial charge in [-0.1, -0.05) is 35.9 Å². The van der Waals surface area contributed by atoms with Crippen molar-refractivity contribution in [1.82, 2.24) is 0 Å². The summed E-state index contributed by atoms with van der Waals surface area (Å²) in [7, 11) is -2.85. The van der Waals surface area contributed by atoms with E-state index in [0.717, 1.165) is 5.56 Å². The quantitative estimate of drug-likeness (QED) is 0.773. The van der Waals surface area contributed by atoms with Crippen molar-refractivity contribution in [1.29, 1.82) is 5.26 Å². The molecule has 0 aromatic heterocycles. The summed E-state index contributed by atoms with van der Waals surface area (Å²) >= 11 is 0. The van der Waals surface area contributed by atoms with Gasteiger partial charge in [0.25, 0.3) is 0 Å². The first-order valence-corrected chi connectivity index (χ1v) is 6.95. The first-order valence-electron chi connectivity index (χ1n) is 5.44. The molecule has 2 aromatic rings. The van der Waals surface area contributed by atoms with Gasteiger partial charge in [0.1, 0.15) is 9.73 Å². The summed E-state index contributed by atoms with van der Waals surface area (Å²) in [5.74, 6) is 0. The fourth-order valence-electron chi connectivity index (χ4n) is 1.63. The summed E-state index contributed by atoms with van der Waals surface area (Å²) < 4.78 is 16.6. The number of hydrogen-bond donors (Lipinski definition) is 0. The number of benzene rings is 2. The van der Waals surface area contributed by atoms with Crippen LogP contribution in [-0.2, 0) is 9.73 Å². The Morgan fingerprint density at radius 1 is 1.00 bits per heavy atom. The lowest BCUT2D eigenvalue weighted by atomic mass is 10.2. The van der Waals surface area contributed by atoms with E-state index in [1.54, 1.807) is 42.6 Å². The van der Waals surface area contributed by atoms with Crippen LogP contribution in [-0.4, -0.2) is 4.21 Å². The average Bonchev–Trinajstić information content (AvgIpc) is 2.40. The highest BCUT2D eigenvalue weighted by atomic mass is 32.2. The van der Waals surface area contributed by atoms with Crippen molar-refractivity contribution in [2.75, 3.05) is 0 Å². The predicted molar refractivity (Wildman–Crippen MR) is 70.3 cm³/mol. The van der Waals surface area contributed by atoms with Crippen LogP contribution in [0.1, 0.15) is 5.56 Å². The van der Waals surface area contributed by atoms with E-state index in [1.807, 2.05) is 25.1 Å². The Hall–Kier alpha value is -2.12. The molecule has 2 rings (SSSR count). The van der Waals surface area contributed by atoms with Crippen molar-refractivity contribution in [2.24, 2.45) is 4.36 Å². The summed E-state index contributed by atoms with van der Waals surface area (Å²) in [6, 6.07) is 16.1. The smallest absolute Gasteiger partial charge is 0.215 e. The third kappa shape index (κ3) is 2.27. The van der Waals surface area contributed by atoms with E-state index in [-0.39, 0.29) is 0 Å². The Morgan fingerprint density at radius 2 is 1.56 bits per heavy atom. The fraction of sp³-hybridized carbons (Fsp3) is 0.0714. The number of hydrogen-bond acceptors (Lipinski definition) is 3. The Labute approximate surface area is 107 Å². The molecule has 0 radical (unpaired) electrons. The molecule has 0 aliphatic heterocycles. The van der Waals surface area contributed by atoms with Gasteiger partial charge in [0.15, 0.2) is 0 Å². The van der Waals surface area contributed by atoms with Gasteiger partial charge < -0.3 is 0 Å². The average molecular weight is 256 g/mol. The molecule has 0 bridgehead atoms. The van der Waals surface area contributed by atoms with Crippen molar-refractivity contribution in [3.05, 3.63) is 60.2 Å². The lowest BCUT2D eigenvalue weighted by Crippen LogP contribution is -2.01. The highest BCUT2D eigenvalue weighted by molar-refractivity contribution is 7.93. The molecular formula is C14H12N2OS. The Balaban J connectivity index is 2.68. The Bertz CT molecular complexity index is 691. The standard InChI is InChI=1S/C14H12N2OS/c1-12-7-9-14(10-8-12)18(17,16-11-15)13-5-3-2-4-6-13/h2-10H,1H3. The maximum atomic E-state index is 12.9. The third-order valence-electron chi connectivity index (χ3n) is 2.57. The van der Waals surface area contributed by atoms with Gasteiger partial charge in [-0.2, -0.15) is 5.26 Å². The molecule has 90 valence electrons. The molecule has 2 aromatic carbocycles. The summed E-state index contributed by atoms with van der Waals surface area (Å²) in [5, 5.41) is 8.78. The maximum absolute atomic E-state index is 12.9. The van der Waals surface area contributed by atoms with E-state index in [1.165, 1.54) is 0 Å². The van der Waals surface area contributed by atoms with Gasteiger partial charge in [0.2, 0.25) is 6.19 Å². The SMILES string of the molecule is Cc1ccc(S(=O)(=NC#N)c2ccccc2)cc1. The van der Waals surface area contributed by atoms with Crippen molar-refractivity contribution < 1.29 is 4.21 Å². The van der Waals surface area contributed by atoms with Crippen LogP contribution in [0, 0.1) is 18.4 Å². The molecule has 0 amide bonds. The van der Waals surface area contributed by atoms with Crippen molar-refractivity contribution in [3.63, 3.8) is 0 Å². The van der Waals surface area contributed by atoms with Gasteiger partial charge in [0, 0.05) is 0 Å². The van der Waals surface area contributed by atoms with Crippen molar-refractivity contribution in [3.8, 4) is 6.19 Å². The number of nitriles is 1. The molecule has 18 heavy (non-hydrogen) atoms. The largest absolute Gasteiger partial charge is 0.239 e. The molecule has 1 atom stereocenters. The monoisotopic (exact) mass is 256 g/mol. The number of nitrogens with zero attached hydrogens (tertiary/aromatic N) is 2. The summed E-state index contributed by atoms with van der Waals surface area (Å²) in [5.41, 5.74) is 1.07. The zero-order valence-electron chi connectivity index (χ0n) is 9.91. The Kier molecular flexibility index (Phi) is 3.45. The molecule has 0 saturated carbocycles. The first kappa shape index (κ1) is 12.3. The van der Waals surface area contributed by atoms with Crippen molar-refractivity contribution >= 4 is 9.73 Å². The van der Waals surface area contributed by atoms with Crippen LogP contribution >= 0.6 is 0 Å². The zero-order chi connectivity index (χ0) is 13.0. The minimum atomic E-state index is -2.85. The normalized spacial score (nSPS) is 13.3. The zero-order valence-corrected chi connectivity index (χ0v) is 10.7. The topological polar surface area (TPSA) is 53.2 Å². The molecular weight excluding hydrogens is 244 g/mol. The van der Waals surface area contributed by atoms with Gasteiger partial charge in [-0.25, -0.2) is 4.21 Å². The second-order valence-electron chi connectivity index (χ2n) is 3.84. The molecule has 0 saturated heterocycles. The lowest BCUT2D eigenvalue weighted by molar-refractivity contribution is 0.676. The molecule has 0 aliphatic rings. The van der Waals surface area contributed by atoms with Gasteiger partial charge in [-0.05, 0) is 31.2 Å². The molecule has 0 spiro atoms. The Morgan fingerprint density at radius 3 is 2.11 bits per heavy atom. The summed E-state index contributed by atoms with van der Waals surface area (Å²) in [6.07, 6.45) is 1.67. The number of rotatable bonds is 2. The molecule has 4 heteroatoms. The number of aryl methyl sites for hydroxylation is 1. The van der Waals surface area contributed by atoms with Crippen LogP contribution in [0.2, 0.25) is 0 Å². The lowest BCUT2D eigenvalue weighted by Gasteiger charge is -2.08. The van der Waals surface area contributed by atoms with E-state index in [4.69, 9.17) is 5.26 Å². The second kappa shape index (κ2) is 5.03. The van der Waals surface area contributed by atoms with E-state index in [2.05, 4.69) is 4.36 Å². The summed E-state index contributed by atoms with van der Waals surface area (Å²) in [6.45, 7) is 1.95. The highest BCUT2D eigenvalue weighted by Crippen LogP contribution is 2.23. The van der Waals surface area contributed by atoms with Crippen LogP contribution in [0.25, 0.3) is 0 Å². The van der Waals surface area contributed by atoms with Gasteiger partial charge in [-0.3, -0.25) is 0 Å². The molecule has 0 aliphatic carbocycles. The molecule has 0 fully saturated rings. The molecule has 0 N–H and O–H groups in total. The fourth-order valence-corrected chi connectivity index (χ4v) is 3.26. The minimum Gasteiger partial charge on any atom is -0.239 e. The van der Waals surface area contributed by atoms with Crippen molar-refractivity contribution in [2.45, 2.75) is 16.7 Å². The molecule has 0 heterocycles. The molecule has 3 nitrogen and oxygen atoms in total. The van der Waals surface area contributed by atoms with Crippen LogP contribution in [0.4, 0.5) is 0 Å². The first-order chi connectivity index (χ1) is 8.66. The maximum Gasteiger partial charge on any atom is 0.215 e. The minimum absolute atomic E-state index is 0.551. The second-order valence-corrected chi connectivity index (χ2v) is 6.02. The van der Waals surface area contributed by atoms with E-state index >= 15 is 0 Å². The van der Waals surface area contributed by atoms with E-state index in [0.29, 0.717) is 9.79 Å². The van der Waals surface area contributed by atoms with Crippen LogP contribution < -0.4 is 0 Å². The summed E-state index contributed by atoms with van der Waals surface area (Å²) in [4.78, 5) is 1.11. The van der Waals surface area contributed by atoms with Gasteiger partial charge >= 0.3 is 0 Å². The van der Waals surface area contributed by atoms with Crippen LogP contribution in [0.3, 0.4) is 0 Å².